The molecule has 0 unspecified atom stereocenters. The molecule has 0 fully saturated rings. The first-order chi connectivity index (χ1) is 18.4. The number of methoxy groups -OCH3 is 1. The SMILES string of the molecule is COc1cccc2c1C(=O)c1c(O)c3c(c(O)c1C2=O)C[C@@](O)(/C(C)=N\NS(=O)(=O)c1ccccc1)C[C@@H]3O. The number of hydrogen-bond acceptors (Lipinski definition) is 10. The van der Waals surface area contributed by atoms with Gasteiger partial charge in [-0.2, -0.15) is 13.5 Å². The van der Waals surface area contributed by atoms with Crippen molar-refractivity contribution in [2.24, 2.45) is 5.10 Å². The van der Waals surface area contributed by atoms with Gasteiger partial charge in [-0.1, -0.05) is 30.3 Å². The number of phenols is 2. The predicted molar refractivity (Wildman–Crippen MR) is 138 cm³/mol. The number of nitrogens with zero attached hydrogens (tertiary/aromatic N) is 1. The number of fused-ring (bicyclic) bond motifs is 3. The Hall–Kier alpha value is -4.26. The normalized spacial score (nSPS) is 20.6. The number of ether oxygens (including phenoxy) is 1. The molecule has 0 amide bonds. The van der Waals surface area contributed by atoms with E-state index in [1.165, 1.54) is 56.5 Å². The Balaban J connectivity index is 1.58. The molecule has 0 aliphatic heterocycles. The molecule has 0 saturated heterocycles. The molecule has 3 aromatic carbocycles. The first kappa shape index (κ1) is 26.4. The van der Waals surface area contributed by atoms with Crippen molar-refractivity contribution in [1.29, 1.82) is 0 Å². The van der Waals surface area contributed by atoms with Crippen LogP contribution in [-0.2, 0) is 16.4 Å². The molecule has 0 heterocycles. The maximum Gasteiger partial charge on any atom is 0.276 e. The third kappa shape index (κ3) is 4.04. The van der Waals surface area contributed by atoms with Crippen LogP contribution in [0.5, 0.6) is 17.2 Å². The van der Waals surface area contributed by atoms with Gasteiger partial charge in [-0.25, -0.2) is 4.83 Å². The van der Waals surface area contributed by atoms with Gasteiger partial charge in [0.15, 0.2) is 5.78 Å². The maximum absolute atomic E-state index is 13.4. The van der Waals surface area contributed by atoms with Crippen LogP contribution in [0.3, 0.4) is 0 Å². The number of ketones is 2. The molecule has 2 atom stereocenters. The van der Waals surface area contributed by atoms with Crippen LogP contribution in [0.15, 0.2) is 58.5 Å². The van der Waals surface area contributed by atoms with Gasteiger partial charge >= 0.3 is 0 Å². The van der Waals surface area contributed by atoms with E-state index in [0.29, 0.717) is 0 Å². The van der Waals surface area contributed by atoms with Gasteiger partial charge < -0.3 is 25.2 Å². The third-order valence-corrected chi connectivity index (χ3v) is 8.38. The van der Waals surface area contributed by atoms with Gasteiger partial charge in [0.25, 0.3) is 10.0 Å². The van der Waals surface area contributed by atoms with E-state index in [4.69, 9.17) is 4.74 Å². The largest absolute Gasteiger partial charge is 0.507 e. The van der Waals surface area contributed by atoms with E-state index in [-0.39, 0.29) is 38.6 Å². The second-order valence-corrected chi connectivity index (χ2v) is 11.1. The Labute approximate surface area is 223 Å². The number of nitrogens with one attached hydrogen (secondary N) is 1. The summed E-state index contributed by atoms with van der Waals surface area (Å²) in [6.07, 6.45) is -2.50. The number of hydrazone groups is 1. The van der Waals surface area contributed by atoms with Crippen LogP contribution >= 0.6 is 0 Å². The van der Waals surface area contributed by atoms with E-state index in [2.05, 4.69) is 5.10 Å². The lowest BCUT2D eigenvalue weighted by atomic mass is 9.72. The Kier molecular flexibility index (Phi) is 6.21. The highest BCUT2D eigenvalue weighted by molar-refractivity contribution is 7.89. The zero-order valence-corrected chi connectivity index (χ0v) is 21.6. The summed E-state index contributed by atoms with van der Waals surface area (Å²) in [4.78, 5) is 28.8. The first-order valence-electron chi connectivity index (χ1n) is 11.8. The highest BCUT2D eigenvalue weighted by atomic mass is 32.2. The van der Waals surface area contributed by atoms with Crippen molar-refractivity contribution in [3.63, 3.8) is 0 Å². The molecule has 0 saturated carbocycles. The second-order valence-electron chi connectivity index (χ2n) is 9.41. The van der Waals surface area contributed by atoms with Gasteiger partial charge in [0.05, 0.1) is 40.5 Å². The van der Waals surface area contributed by atoms with Crippen molar-refractivity contribution in [3.8, 4) is 17.2 Å². The van der Waals surface area contributed by atoms with Crippen molar-refractivity contribution in [2.45, 2.75) is 36.4 Å². The fourth-order valence-corrected chi connectivity index (χ4v) is 5.98. The molecule has 0 radical (unpaired) electrons. The fraction of sp³-hybridized carbons (Fsp3) is 0.222. The summed E-state index contributed by atoms with van der Waals surface area (Å²) in [6.45, 7) is 1.33. The van der Waals surface area contributed by atoms with Gasteiger partial charge in [-0.05, 0) is 25.1 Å². The molecular formula is C27H24N2O9S. The molecule has 5 N–H and O–H groups in total. The summed E-state index contributed by atoms with van der Waals surface area (Å²) in [6, 6.07) is 11.8. The number of aliphatic hydroxyl groups excluding tert-OH is 1. The molecule has 2 aliphatic carbocycles. The lowest BCUT2D eigenvalue weighted by Gasteiger charge is -2.38. The molecule has 202 valence electrons. The number of sulfonamides is 1. The minimum atomic E-state index is -4.06. The van der Waals surface area contributed by atoms with Crippen LogP contribution in [0.4, 0.5) is 0 Å². The molecule has 5 rings (SSSR count). The quantitative estimate of drug-likeness (QED) is 0.140. The topological polar surface area (TPSA) is 183 Å². The van der Waals surface area contributed by atoms with Crippen LogP contribution in [0.1, 0.15) is 62.4 Å². The van der Waals surface area contributed by atoms with E-state index in [0.717, 1.165) is 0 Å². The Morgan fingerprint density at radius 1 is 1.00 bits per heavy atom. The van der Waals surface area contributed by atoms with Gasteiger partial charge in [0.1, 0.15) is 22.8 Å². The zero-order chi connectivity index (χ0) is 28.3. The molecule has 12 heteroatoms. The van der Waals surface area contributed by atoms with Crippen LogP contribution < -0.4 is 9.57 Å². The Morgan fingerprint density at radius 3 is 2.33 bits per heavy atom. The summed E-state index contributed by atoms with van der Waals surface area (Å²) >= 11 is 0. The van der Waals surface area contributed by atoms with Crippen LogP contribution in [0.2, 0.25) is 0 Å². The highest BCUT2D eigenvalue weighted by Crippen LogP contribution is 2.51. The maximum atomic E-state index is 13.4. The Morgan fingerprint density at radius 2 is 1.67 bits per heavy atom. The second kappa shape index (κ2) is 9.19. The summed E-state index contributed by atoms with van der Waals surface area (Å²) < 4.78 is 30.3. The lowest BCUT2D eigenvalue weighted by molar-refractivity contribution is 0.0262. The molecule has 0 aromatic heterocycles. The summed E-state index contributed by atoms with van der Waals surface area (Å²) in [5.41, 5.74) is -3.56. The molecule has 2 aliphatic rings. The summed E-state index contributed by atoms with van der Waals surface area (Å²) in [5, 5.41) is 48.5. The van der Waals surface area contributed by atoms with E-state index < -0.39 is 68.8 Å². The number of benzene rings is 3. The van der Waals surface area contributed by atoms with E-state index >= 15 is 0 Å². The average molecular weight is 553 g/mol. The van der Waals surface area contributed by atoms with Gasteiger partial charge in [-0.15, -0.1) is 0 Å². The summed E-state index contributed by atoms with van der Waals surface area (Å²) in [7, 11) is -2.74. The fourth-order valence-electron chi connectivity index (χ4n) is 5.10. The van der Waals surface area contributed by atoms with E-state index in [9.17, 15) is 38.4 Å². The van der Waals surface area contributed by atoms with Crippen molar-refractivity contribution < 1.29 is 43.2 Å². The molecule has 0 spiro atoms. The Bertz CT molecular complexity index is 1680. The van der Waals surface area contributed by atoms with Gasteiger partial charge in [-0.3, -0.25) is 9.59 Å². The molecule has 39 heavy (non-hydrogen) atoms. The van der Waals surface area contributed by atoms with E-state index in [1.807, 2.05) is 4.83 Å². The van der Waals surface area contributed by atoms with Crippen molar-refractivity contribution in [3.05, 3.63) is 81.9 Å². The third-order valence-electron chi connectivity index (χ3n) is 7.16. The average Bonchev–Trinajstić information content (AvgIpc) is 2.92. The lowest BCUT2D eigenvalue weighted by Crippen LogP contribution is -2.45. The van der Waals surface area contributed by atoms with Crippen molar-refractivity contribution in [1.82, 2.24) is 4.83 Å². The van der Waals surface area contributed by atoms with Crippen molar-refractivity contribution >= 4 is 27.3 Å². The van der Waals surface area contributed by atoms with Crippen LogP contribution in [0.25, 0.3) is 0 Å². The standard InChI is InChI=1S/C27H24N2O9S/c1-13(28-29-39(36,37)14-7-4-3-5-8-14)27(35)11-16-19(17(30)12-27)25(33)22-21(24(16)32)23(31)15-9-6-10-18(38-2)20(15)26(22)34/h3-10,17,29-30,32-33,35H,11-12H2,1-2H3/b28-13-/t17-,27-/m0/s1. The highest BCUT2D eigenvalue weighted by Gasteiger charge is 2.47. The number of carbonyl (C=O) groups is 2. The van der Waals surface area contributed by atoms with Gasteiger partial charge in [0.2, 0.25) is 5.78 Å². The van der Waals surface area contributed by atoms with Crippen molar-refractivity contribution in [2.75, 3.05) is 7.11 Å². The van der Waals surface area contributed by atoms with Crippen LogP contribution in [0, 0.1) is 0 Å². The predicted octanol–water partition coefficient (Wildman–Crippen LogP) is 1.95. The number of phenolic OH excluding ortho intramolecular Hbond substituents is 2. The smallest absolute Gasteiger partial charge is 0.276 e. The number of aromatic hydroxyl groups is 2. The van der Waals surface area contributed by atoms with Gasteiger partial charge in [0, 0.05) is 29.5 Å². The number of carbonyl (C=O) groups excluding carboxylic acids is 2. The molecule has 3 aromatic rings. The minimum absolute atomic E-state index is 0.0406. The van der Waals surface area contributed by atoms with Crippen LogP contribution in [-0.4, -0.2) is 58.8 Å². The summed E-state index contributed by atoms with van der Waals surface area (Å²) in [5.74, 6) is -2.79. The molecule has 0 bridgehead atoms. The monoisotopic (exact) mass is 552 g/mol. The number of aliphatic hydroxyl groups is 2. The number of hydrogen-bond donors (Lipinski definition) is 5. The molecule has 11 nitrogen and oxygen atoms in total. The zero-order valence-electron chi connectivity index (χ0n) is 20.8. The van der Waals surface area contributed by atoms with E-state index in [1.54, 1.807) is 6.07 Å². The number of rotatable bonds is 5. The first-order valence-corrected chi connectivity index (χ1v) is 13.3. The minimum Gasteiger partial charge on any atom is -0.507 e. The molecular weight excluding hydrogens is 528 g/mol.